The molecule has 0 amide bonds. The Labute approximate surface area is 92.5 Å². The number of carboxylic acids is 1. The van der Waals surface area contributed by atoms with E-state index in [1.165, 1.54) is 13.2 Å². The number of carbonyl (C=O) groups is 1. The van der Waals surface area contributed by atoms with Gasteiger partial charge in [0, 0.05) is 5.56 Å². The number of ether oxygens (including phenoxy) is 1. The van der Waals surface area contributed by atoms with Crippen molar-refractivity contribution in [1.29, 1.82) is 5.26 Å². The van der Waals surface area contributed by atoms with Crippen molar-refractivity contribution in [1.82, 2.24) is 0 Å². The minimum atomic E-state index is -1.69. The molecule has 16 heavy (non-hydrogen) atoms. The molecule has 0 fully saturated rings. The van der Waals surface area contributed by atoms with Crippen molar-refractivity contribution in [2.45, 2.75) is 13.0 Å². The Morgan fingerprint density at radius 1 is 1.56 bits per heavy atom. The summed E-state index contributed by atoms with van der Waals surface area (Å²) in [6.07, 6.45) is -1.69. The quantitative estimate of drug-likeness (QED) is 0.794. The molecule has 1 aromatic carbocycles. The number of hydrogen-bond acceptors (Lipinski definition) is 4. The second-order valence-corrected chi connectivity index (χ2v) is 3.26. The molecule has 0 bridgehead atoms. The largest absolute Gasteiger partial charge is 0.497 e. The van der Waals surface area contributed by atoms with Crippen molar-refractivity contribution in [3.05, 3.63) is 28.8 Å². The topological polar surface area (TPSA) is 90.6 Å². The minimum absolute atomic E-state index is 0.103. The zero-order valence-electron chi connectivity index (χ0n) is 8.89. The van der Waals surface area contributed by atoms with Gasteiger partial charge in [-0.3, -0.25) is 0 Å². The maximum absolute atomic E-state index is 10.7. The molecule has 2 N–H and O–H groups in total. The molecule has 0 radical (unpaired) electrons. The standard InChI is InChI=1S/C11H11NO4/c1-6-3-8(16-2)4-7(5-12)9(6)10(13)11(14)15/h3-4,10,13H,1-2H3,(H,14,15). The smallest absolute Gasteiger partial charge is 0.337 e. The van der Waals surface area contributed by atoms with Crippen LogP contribution in [-0.2, 0) is 4.79 Å². The van der Waals surface area contributed by atoms with E-state index in [0.29, 0.717) is 11.3 Å². The lowest BCUT2D eigenvalue weighted by Gasteiger charge is -2.13. The molecule has 0 aromatic heterocycles. The minimum Gasteiger partial charge on any atom is -0.497 e. The number of nitriles is 1. The third-order valence-corrected chi connectivity index (χ3v) is 2.22. The zero-order valence-corrected chi connectivity index (χ0v) is 8.89. The first-order valence-electron chi connectivity index (χ1n) is 4.50. The summed E-state index contributed by atoms with van der Waals surface area (Å²) in [5.41, 5.74) is 0.716. The molecule has 1 atom stereocenters. The molecule has 5 nitrogen and oxygen atoms in total. The van der Waals surface area contributed by atoms with Crippen LogP contribution in [0.25, 0.3) is 0 Å². The molecule has 1 aromatic rings. The highest BCUT2D eigenvalue weighted by atomic mass is 16.5. The number of hydrogen-bond donors (Lipinski definition) is 2. The van der Waals surface area contributed by atoms with Crippen LogP contribution < -0.4 is 4.74 Å². The molecule has 0 heterocycles. The van der Waals surface area contributed by atoms with Gasteiger partial charge in [0.2, 0.25) is 0 Å². The Kier molecular flexibility index (Phi) is 3.48. The SMILES string of the molecule is COc1cc(C)c(C(O)C(=O)O)c(C#N)c1. The first-order valence-corrected chi connectivity index (χ1v) is 4.50. The first kappa shape index (κ1) is 12.0. The predicted molar refractivity (Wildman–Crippen MR) is 55.0 cm³/mol. The van der Waals surface area contributed by atoms with Crippen LogP contribution in [0.1, 0.15) is 22.8 Å². The summed E-state index contributed by atoms with van der Waals surface area (Å²) in [6, 6.07) is 4.81. The summed E-state index contributed by atoms with van der Waals surface area (Å²) in [5.74, 6) is -0.930. The van der Waals surface area contributed by atoms with Crippen molar-refractivity contribution in [3.8, 4) is 11.8 Å². The predicted octanol–water partition coefficient (Wildman–Crippen LogP) is 0.993. The molecule has 5 heteroatoms. The second kappa shape index (κ2) is 4.64. The molecule has 1 unspecified atom stereocenters. The van der Waals surface area contributed by atoms with Crippen LogP contribution in [0.15, 0.2) is 12.1 Å². The van der Waals surface area contributed by atoms with Gasteiger partial charge in [-0.05, 0) is 24.6 Å². The number of rotatable bonds is 3. The van der Waals surface area contributed by atoms with Gasteiger partial charge in [0.1, 0.15) is 5.75 Å². The van der Waals surface area contributed by atoms with Crippen molar-refractivity contribution in [2.75, 3.05) is 7.11 Å². The Morgan fingerprint density at radius 2 is 2.19 bits per heavy atom. The summed E-state index contributed by atoms with van der Waals surface area (Å²) in [4.78, 5) is 10.7. The van der Waals surface area contributed by atoms with Crippen LogP contribution in [0.4, 0.5) is 0 Å². The Bertz CT molecular complexity index is 462. The van der Waals surface area contributed by atoms with Gasteiger partial charge in [-0.1, -0.05) is 0 Å². The van der Waals surface area contributed by atoms with Crippen molar-refractivity contribution in [2.24, 2.45) is 0 Å². The lowest BCUT2D eigenvalue weighted by Crippen LogP contribution is -2.13. The fourth-order valence-electron chi connectivity index (χ4n) is 1.46. The lowest BCUT2D eigenvalue weighted by molar-refractivity contribution is -0.147. The average molecular weight is 221 g/mol. The number of aliphatic hydroxyl groups is 1. The fraction of sp³-hybridized carbons (Fsp3) is 0.273. The van der Waals surface area contributed by atoms with Crippen LogP contribution in [-0.4, -0.2) is 23.3 Å². The van der Waals surface area contributed by atoms with Crippen LogP contribution >= 0.6 is 0 Å². The Balaban J connectivity index is 3.39. The normalized spacial score (nSPS) is 11.6. The fourth-order valence-corrected chi connectivity index (χ4v) is 1.46. The highest BCUT2D eigenvalue weighted by molar-refractivity contribution is 5.76. The number of benzene rings is 1. The number of aryl methyl sites for hydroxylation is 1. The molecule has 1 rings (SSSR count). The van der Waals surface area contributed by atoms with Crippen molar-refractivity contribution in [3.63, 3.8) is 0 Å². The van der Waals surface area contributed by atoms with E-state index in [4.69, 9.17) is 15.1 Å². The van der Waals surface area contributed by atoms with Crippen LogP contribution in [0, 0.1) is 18.3 Å². The third-order valence-electron chi connectivity index (χ3n) is 2.22. The molecule has 0 saturated heterocycles. The molecule has 0 aliphatic rings. The first-order chi connectivity index (χ1) is 7.51. The van der Waals surface area contributed by atoms with Gasteiger partial charge >= 0.3 is 5.97 Å². The Morgan fingerprint density at radius 3 is 2.62 bits per heavy atom. The molecular formula is C11H11NO4. The summed E-state index contributed by atoms with van der Waals surface area (Å²) < 4.78 is 4.95. The molecule has 0 spiro atoms. The van der Waals surface area contributed by atoms with Gasteiger partial charge in [0.05, 0.1) is 18.7 Å². The maximum atomic E-state index is 10.7. The van der Waals surface area contributed by atoms with E-state index in [1.54, 1.807) is 13.0 Å². The zero-order chi connectivity index (χ0) is 12.3. The van der Waals surface area contributed by atoms with E-state index < -0.39 is 12.1 Å². The van der Waals surface area contributed by atoms with Gasteiger partial charge in [-0.15, -0.1) is 0 Å². The van der Waals surface area contributed by atoms with E-state index in [1.807, 2.05) is 6.07 Å². The number of methoxy groups -OCH3 is 1. The molecule has 0 aliphatic carbocycles. The van der Waals surface area contributed by atoms with Crippen LogP contribution in [0.3, 0.4) is 0 Å². The van der Waals surface area contributed by atoms with Crippen molar-refractivity contribution < 1.29 is 19.7 Å². The third kappa shape index (κ3) is 2.12. The number of aliphatic carboxylic acids is 1. The number of carboxylic acid groups (broad SMARTS) is 1. The second-order valence-electron chi connectivity index (χ2n) is 3.26. The summed E-state index contributed by atoms with van der Waals surface area (Å²) in [5, 5.41) is 27.1. The molecule has 0 saturated carbocycles. The van der Waals surface area contributed by atoms with Crippen molar-refractivity contribution >= 4 is 5.97 Å². The van der Waals surface area contributed by atoms with E-state index in [0.717, 1.165) is 0 Å². The van der Waals surface area contributed by atoms with E-state index in [9.17, 15) is 9.90 Å². The lowest BCUT2D eigenvalue weighted by atomic mass is 9.97. The van der Waals surface area contributed by atoms with E-state index in [2.05, 4.69) is 0 Å². The van der Waals surface area contributed by atoms with Crippen LogP contribution in [0.2, 0.25) is 0 Å². The van der Waals surface area contributed by atoms with Gasteiger partial charge in [0.15, 0.2) is 6.10 Å². The molecule has 84 valence electrons. The van der Waals surface area contributed by atoms with E-state index >= 15 is 0 Å². The van der Waals surface area contributed by atoms with Gasteiger partial charge in [-0.25, -0.2) is 4.79 Å². The summed E-state index contributed by atoms with van der Waals surface area (Å²) in [6.45, 7) is 1.62. The number of nitrogens with zero attached hydrogens (tertiary/aromatic N) is 1. The molecule has 0 aliphatic heterocycles. The molecular weight excluding hydrogens is 210 g/mol. The van der Waals surface area contributed by atoms with Crippen LogP contribution in [0.5, 0.6) is 5.75 Å². The Hall–Kier alpha value is -2.06. The highest BCUT2D eigenvalue weighted by Crippen LogP contribution is 2.27. The summed E-state index contributed by atoms with van der Waals surface area (Å²) >= 11 is 0. The monoisotopic (exact) mass is 221 g/mol. The van der Waals surface area contributed by atoms with Gasteiger partial charge in [-0.2, -0.15) is 5.26 Å². The average Bonchev–Trinajstić information content (AvgIpc) is 2.26. The van der Waals surface area contributed by atoms with E-state index in [-0.39, 0.29) is 11.1 Å². The van der Waals surface area contributed by atoms with Gasteiger partial charge < -0.3 is 14.9 Å². The highest BCUT2D eigenvalue weighted by Gasteiger charge is 2.22. The number of aliphatic hydroxyl groups excluding tert-OH is 1. The maximum Gasteiger partial charge on any atom is 0.337 e. The summed E-state index contributed by atoms with van der Waals surface area (Å²) in [7, 11) is 1.45. The van der Waals surface area contributed by atoms with Gasteiger partial charge in [0.25, 0.3) is 0 Å².